The third kappa shape index (κ3) is 1.95. The number of hydrogen-bond acceptors (Lipinski definition) is 5. The van der Waals surface area contributed by atoms with Gasteiger partial charge in [0, 0.05) is 25.0 Å². The van der Waals surface area contributed by atoms with Crippen LogP contribution < -0.4 is 5.32 Å². The fourth-order valence-corrected chi connectivity index (χ4v) is 2.11. The molecule has 1 N–H and O–H groups in total. The third-order valence-corrected chi connectivity index (χ3v) is 3.05. The van der Waals surface area contributed by atoms with E-state index in [0.717, 1.165) is 30.9 Å². The molecule has 0 aromatic carbocycles. The van der Waals surface area contributed by atoms with E-state index >= 15 is 0 Å². The first-order chi connectivity index (χ1) is 8.36. The third-order valence-electron chi connectivity index (χ3n) is 3.05. The van der Waals surface area contributed by atoms with Crippen LogP contribution in [0.2, 0.25) is 0 Å². The molecule has 6 nitrogen and oxygen atoms in total. The standard InChI is InChI=1S/C11H15N5O/c1-2-17-9-5-8(6-9)14-10-11-15-13-7-16(11)4-3-12-10/h3-4,7-9H,2,5-6H2,1H3,(H,12,14). The molecule has 0 atom stereocenters. The molecule has 6 heteroatoms. The van der Waals surface area contributed by atoms with E-state index in [-0.39, 0.29) is 0 Å². The molecule has 0 saturated heterocycles. The highest BCUT2D eigenvalue weighted by Gasteiger charge is 2.30. The summed E-state index contributed by atoms with van der Waals surface area (Å²) in [6, 6.07) is 0.432. The van der Waals surface area contributed by atoms with Gasteiger partial charge in [-0.25, -0.2) is 4.98 Å². The Morgan fingerprint density at radius 3 is 3.24 bits per heavy atom. The number of nitrogens with one attached hydrogen (secondary N) is 1. The fraction of sp³-hybridized carbons (Fsp3) is 0.545. The van der Waals surface area contributed by atoms with Crippen LogP contribution in [0.15, 0.2) is 18.7 Å². The van der Waals surface area contributed by atoms with Crippen LogP contribution in [0.25, 0.3) is 5.65 Å². The van der Waals surface area contributed by atoms with Crippen LogP contribution in [0.1, 0.15) is 19.8 Å². The van der Waals surface area contributed by atoms with Crippen LogP contribution >= 0.6 is 0 Å². The van der Waals surface area contributed by atoms with Crippen molar-refractivity contribution in [2.45, 2.75) is 31.9 Å². The van der Waals surface area contributed by atoms with Crippen molar-refractivity contribution in [2.24, 2.45) is 0 Å². The second-order valence-corrected chi connectivity index (χ2v) is 4.23. The van der Waals surface area contributed by atoms with Crippen molar-refractivity contribution in [1.29, 1.82) is 0 Å². The van der Waals surface area contributed by atoms with Crippen LogP contribution in [-0.4, -0.2) is 38.3 Å². The molecule has 90 valence electrons. The van der Waals surface area contributed by atoms with Crippen LogP contribution in [0.3, 0.4) is 0 Å². The van der Waals surface area contributed by atoms with E-state index in [0.29, 0.717) is 12.1 Å². The average Bonchev–Trinajstić information content (AvgIpc) is 2.75. The van der Waals surface area contributed by atoms with E-state index < -0.39 is 0 Å². The minimum Gasteiger partial charge on any atom is -0.378 e. The van der Waals surface area contributed by atoms with Crippen molar-refractivity contribution in [1.82, 2.24) is 19.6 Å². The lowest BCUT2D eigenvalue weighted by Crippen LogP contribution is -2.41. The summed E-state index contributed by atoms with van der Waals surface area (Å²) >= 11 is 0. The number of ether oxygens (including phenoxy) is 1. The molecule has 2 aromatic rings. The fourth-order valence-electron chi connectivity index (χ4n) is 2.11. The van der Waals surface area contributed by atoms with Gasteiger partial charge in [-0.2, -0.15) is 0 Å². The number of hydrogen-bond donors (Lipinski definition) is 1. The SMILES string of the molecule is CCOC1CC(Nc2nccn3cnnc23)C1. The van der Waals surface area contributed by atoms with E-state index in [1.165, 1.54) is 0 Å². The summed E-state index contributed by atoms with van der Waals surface area (Å²) in [5.74, 6) is 0.796. The van der Waals surface area contributed by atoms with E-state index in [1.807, 2.05) is 17.5 Å². The summed E-state index contributed by atoms with van der Waals surface area (Å²) in [5, 5.41) is 11.3. The Balaban J connectivity index is 1.68. The first kappa shape index (κ1) is 10.5. The summed E-state index contributed by atoms with van der Waals surface area (Å²) in [4.78, 5) is 4.30. The molecule has 1 fully saturated rings. The lowest BCUT2D eigenvalue weighted by atomic mass is 9.89. The minimum absolute atomic E-state index is 0.398. The van der Waals surface area contributed by atoms with E-state index in [9.17, 15) is 0 Å². The summed E-state index contributed by atoms with van der Waals surface area (Å²) in [5.41, 5.74) is 0.771. The van der Waals surface area contributed by atoms with Crippen LogP contribution in [0.5, 0.6) is 0 Å². The van der Waals surface area contributed by atoms with Crippen LogP contribution in [0.4, 0.5) is 5.82 Å². The number of anilines is 1. The molecule has 2 heterocycles. The second-order valence-electron chi connectivity index (χ2n) is 4.23. The van der Waals surface area contributed by atoms with Crippen molar-refractivity contribution < 1.29 is 4.74 Å². The van der Waals surface area contributed by atoms with Gasteiger partial charge in [0.25, 0.3) is 0 Å². The number of fused-ring (bicyclic) bond motifs is 1. The number of rotatable bonds is 4. The maximum atomic E-state index is 5.52. The predicted octanol–water partition coefficient (Wildman–Crippen LogP) is 1.10. The summed E-state index contributed by atoms with van der Waals surface area (Å²) in [6.07, 6.45) is 7.72. The van der Waals surface area contributed by atoms with Gasteiger partial charge >= 0.3 is 0 Å². The highest BCUT2D eigenvalue weighted by molar-refractivity contribution is 5.61. The zero-order valence-electron chi connectivity index (χ0n) is 9.71. The van der Waals surface area contributed by atoms with Gasteiger partial charge in [0.15, 0.2) is 5.82 Å². The van der Waals surface area contributed by atoms with E-state index in [2.05, 4.69) is 20.5 Å². The molecular weight excluding hydrogens is 218 g/mol. The molecule has 1 saturated carbocycles. The molecule has 0 bridgehead atoms. The van der Waals surface area contributed by atoms with Crippen molar-refractivity contribution >= 4 is 11.5 Å². The molecule has 1 aliphatic carbocycles. The van der Waals surface area contributed by atoms with Crippen molar-refractivity contribution in [2.75, 3.05) is 11.9 Å². The second kappa shape index (κ2) is 4.29. The minimum atomic E-state index is 0.398. The predicted molar refractivity (Wildman–Crippen MR) is 62.8 cm³/mol. The van der Waals surface area contributed by atoms with Gasteiger partial charge < -0.3 is 10.1 Å². The van der Waals surface area contributed by atoms with Gasteiger partial charge in [-0.1, -0.05) is 0 Å². The Hall–Kier alpha value is -1.69. The maximum Gasteiger partial charge on any atom is 0.203 e. The van der Waals surface area contributed by atoms with Gasteiger partial charge in [-0.15, -0.1) is 10.2 Å². The summed E-state index contributed by atoms with van der Waals surface area (Å²) < 4.78 is 7.38. The molecular formula is C11H15N5O. The monoisotopic (exact) mass is 233 g/mol. The largest absolute Gasteiger partial charge is 0.378 e. The molecule has 2 aromatic heterocycles. The number of aromatic nitrogens is 4. The molecule has 3 rings (SSSR count). The van der Waals surface area contributed by atoms with Crippen molar-refractivity contribution in [3.63, 3.8) is 0 Å². The Bertz CT molecular complexity index is 505. The van der Waals surface area contributed by atoms with Crippen LogP contribution in [0, 0.1) is 0 Å². The molecule has 1 aliphatic rings. The summed E-state index contributed by atoms with van der Waals surface area (Å²) in [6.45, 7) is 2.81. The van der Waals surface area contributed by atoms with Gasteiger partial charge in [-0.3, -0.25) is 4.40 Å². The molecule has 0 amide bonds. The highest BCUT2D eigenvalue weighted by Crippen LogP contribution is 2.26. The average molecular weight is 233 g/mol. The van der Waals surface area contributed by atoms with Gasteiger partial charge in [0.05, 0.1) is 6.10 Å². The quantitative estimate of drug-likeness (QED) is 0.856. The zero-order chi connectivity index (χ0) is 11.7. The van der Waals surface area contributed by atoms with Gasteiger partial charge in [0.2, 0.25) is 5.65 Å². The van der Waals surface area contributed by atoms with E-state index in [4.69, 9.17) is 4.74 Å². The van der Waals surface area contributed by atoms with Gasteiger partial charge in [0.1, 0.15) is 6.33 Å². The first-order valence-electron chi connectivity index (χ1n) is 5.89. The molecule has 0 radical (unpaired) electrons. The Kier molecular flexibility index (Phi) is 2.64. The molecule has 0 spiro atoms. The molecule has 17 heavy (non-hydrogen) atoms. The zero-order valence-corrected chi connectivity index (χ0v) is 9.71. The normalized spacial score (nSPS) is 23.6. The van der Waals surface area contributed by atoms with Crippen molar-refractivity contribution in [3.05, 3.63) is 18.7 Å². The number of nitrogens with zero attached hydrogens (tertiary/aromatic N) is 4. The topological polar surface area (TPSA) is 64.3 Å². The Morgan fingerprint density at radius 2 is 2.41 bits per heavy atom. The van der Waals surface area contributed by atoms with Crippen molar-refractivity contribution in [3.8, 4) is 0 Å². The maximum absolute atomic E-state index is 5.52. The van der Waals surface area contributed by atoms with E-state index in [1.54, 1.807) is 12.5 Å². The summed E-state index contributed by atoms with van der Waals surface area (Å²) in [7, 11) is 0. The van der Waals surface area contributed by atoms with Crippen LogP contribution in [-0.2, 0) is 4.74 Å². The van der Waals surface area contributed by atoms with Gasteiger partial charge in [-0.05, 0) is 19.8 Å². The smallest absolute Gasteiger partial charge is 0.203 e. The molecule has 0 aliphatic heterocycles. The Morgan fingerprint density at radius 1 is 1.53 bits per heavy atom. The lowest BCUT2D eigenvalue weighted by Gasteiger charge is -2.35. The highest BCUT2D eigenvalue weighted by atomic mass is 16.5. The first-order valence-corrected chi connectivity index (χ1v) is 5.89. The Labute approximate surface area is 99.0 Å². The lowest BCUT2D eigenvalue weighted by molar-refractivity contribution is 0.00294. The molecule has 0 unspecified atom stereocenters.